The van der Waals surface area contributed by atoms with E-state index in [0.717, 1.165) is 22.4 Å². The molecule has 0 fully saturated rings. The zero-order valence-electron chi connectivity index (χ0n) is 15.9. The number of ether oxygens (including phenoxy) is 2. The summed E-state index contributed by atoms with van der Waals surface area (Å²) in [6.07, 6.45) is 3.39. The lowest BCUT2D eigenvalue weighted by atomic mass is 9.93. The Morgan fingerprint density at radius 2 is 1.57 bits per heavy atom. The lowest BCUT2D eigenvalue weighted by Gasteiger charge is -2.17. The molecule has 4 heteroatoms. The summed E-state index contributed by atoms with van der Waals surface area (Å²) in [7, 11) is 0. The maximum Gasteiger partial charge on any atom is 0.210 e. The van der Waals surface area contributed by atoms with Crippen molar-refractivity contribution in [3.63, 3.8) is 0 Å². The van der Waals surface area contributed by atoms with E-state index < -0.39 is 5.60 Å². The molecule has 28 heavy (non-hydrogen) atoms. The van der Waals surface area contributed by atoms with Crippen LogP contribution in [0.15, 0.2) is 79.1 Å². The lowest BCUT2D eigenvalue weighted by Crippen LogP contribution is -2.29. The van der Waals surface area contributed by atoms with Crippen molar-refractivity contribution in [3.8, 4) is 5.75 Å². The number of hydrogen-bond acceptors (Lipinski definition) is 4. The van der Waals surface area contributed by atoms with Gasteiger partial charge in [-0.3, -0.25) is 9.78 Å². The number of Topliss-reactive ketones (excluding diaryl/α,β-unsaturated/α-hetero) is 1. The second kappa shape index (κ2) is 7.31. The highest BCUT2D eigenvalue weighted by molar-refractivity contribution is 6.32. The second-order valence-electron chi connectivity index (χ2n) is 7.18. The molecule has 0 saturated heterocycles. The molecule has 140 valence electrons. The number of carbonyl (C=O) groups excluding carboxylic acids is 1. The molecule has 0 spiro atoms. The Morgan fingerprint density at radius 1 is 0.893 bits per heavy atom. The number of aromatic nitrogens is 1. The van der Waals surface area contributed by atoms with Crippen LogP contribution in [0.25, 0.3) is 11.3 Å². The number of rotatable bonds is 5. The molecular formula is C24H21NO3. The Morgan fingerprint density at radius 3 is 2.25 bits per heavy atom. The third-order valence-electron chi connectivity index (χ3n) is 4.69. The van der Waals surface area contributed by atoms with Crippen LogP contribution in [-0.4, -0.2) is 16.4 Å². The van der Waals surface area contributed by atoms with Gasteiger partial charge in [-0.05, 0) is 49.2 Å². The van der Waals surface area contributed by atoms with Crippen molar-refractivity contribution in [2.45, 2.75) is 26.1 Å². The van der Waals surface area contributed by atoms with Crippen LogP contribution >= 0.6 is 0 Å². The fraction of sp³-hybridized carbons (Fsp3) is 0.167. The van der Waals surface area contributed by atoms with Crippen LogP contribution < -0.4 is 4.74 Å². The highest BCUT2D eigenvalue weighted by atomic mass is 16.5. The van der Waals surface area contributed by atoms with Crippen molar-refractivity contribution in [1.29, 1.82) is 0 Å². The Bertz CT molecular complexity index is 1010. The van der Waals surface area contributed by atoms with Gasteiger partial charge in [-0.2, -0.15) is 0 Å². The zero-order valence-corrected chi connectivity index (χ0v) is 15.9. The van der Waals surface area contributed by atoms with Crippen LogP contribution in [0.1, 0.15) is 30.5 Å². The van der Waals surface area contributed by atoms with Crippen LogP contribution in [0, 0.1) is 0 Å². The average molecular weight is 371 g/mol. The van der Waals surface area contributed by atoms with Crippen molar-refractivity contribution < 1.29 is 14.3 Å². The first kappa shape index (κ1) is 18.0. The molecule has 0 N–H and O–H groups in total. The molecule has 1 aromatic heterocycles. The zero-order chi connectivity index (χ0) is 19.6. The molecule has 1 aliphatic rings. The van der Waals surface area contributed by atoms with E-state index in [1.54, 1.807) is 26.2 Å². The largest absolute Gasteiger partial charge is 0.489 e. The minimum atomic E-state index is -0.892. The van der Waals surface area contributed by atoms with E-state index in [-0.39, 0.29) is 5.78 Å². The van der Waals surface area contributed by atoms with Crippen LogP contribution in [-0.2, 0) is 16.1 Å². The summed E-state index contributed by atoms with van der Waals surface area (Å²) < 4.78 is 11.9. The SMILES string of the molecule is CC1(C)OC(c2ccncc2)=C(c2ccc(OCc3ccccc3)cc2)C1=O. The van der Waals surface area contributed by atoms with Gasteiger partial charge in [0.2, 0.25) is 5.78 Å². The van der Waals surface area contributed by atoms with Crippen LogP contribution in [0.5, 0.6) is 5.75 Å². The summed E-state index contributed by atoms with van der Waals surface area (Å²) in [4.78, 5) is 17.0. The summed E-state index contributed by atoms with van der Waals surface area (Å²) >= 11 is 0. The molecule has 3 aromatic rings. The summed E-state index contributed by atoms with van der Waals surface area (Å²) in [6.45, 7) is 4.09. The van der Waals surface area contributed by atoms with Crippen LogP contribution in [0.2, 0.25) is 0 Å². The first-order valence-corrected chi connectivity index (χ1v) is 9.20. The fourth-order valence-corrected chi connectivity index (χ4v) is 3.18. The van der Waals surface area contributed by atoms with Gasteiger partial charge in [0, 0.05) is 18.0 Å². The summed E-state index contributed by atoms with van der Waals surface area (Å²) in [5.41, 5.74) is 2.46. The average Bonchev–Trinajstić information content (AvgIpc) is 2.98. The smallest absolute Gasteiger partial charge is 0.210 e. The Labute approximate surface area is 164 Å². The third kappa shape index (κ3) is 3.54. The van der Waals surface area contributed by atoms with Gasteiger partial charge in [-0.25, -0.2) is 0 Å². The fourth-order valence-electron chi connectivity index (χ4n) is 3.18. The number of pyridine rings is 1. The molecule has 2 heterocycles. The second-order valence-corrected chi connectivity index (χ2v) is 7.18. The first-order valence-electron chi connectivity index (χ1n) is 9.20. The summed E-state index contributed by atoms with van der Waals surface area (Å²) in [6, 6.07) is 21.3. The van der Waals surface area contributed by atoms with Gasteiger partial charge in [0.1, 0.15) is 18.1 Å². The molecule has 0 amide bonds. The minimum Gasteiger partial charge on any atom is -0.489 e. The number of carbonyl (C=O) groups is 1. The molecular weight excluding hydrogens is 350 g/mol. The Hall–Kier alpha value is -3.40. The molecule has 0 atom stereocenters. The van der Waals surface area contributed by atoms with Crippen LogP contribution in [0.4, 0.5) is 0 Å². The first-order chi connectivity index (χ1) is 13.5. The summed E-state index contributed by atoms with van der Waals surface area (Å²) in [5, 5.41) is 0. The third-order valence-corrected chi connectivity index (χ3v) is 4.69. The standard InChI is InChI=1S/C24H21NO3/c1-24(2)23(26)21(22(28-24)19-12-14-25-15-13-19)18-8-10-20(11-9-18)27-16-17-6-4-3-5-7-17/h3-15H,16H2,1-2H3. The summed E-state index contributed by atoms with van der Waals surface area (Å²) in [5.74, 6) is 1.32. The molecule has 0 saturated carbocycles. The Kier molecular flexibility index (Phi) is 4.70. The van der Waals surface area contributed by atoms with Crippen molar-refractivity contribution in [2.24, 2.45) is 0 Å². The molecule has 1 aliphatic heterocycles. The predicted molar refractivity (Wildman–Crippen MR) is 108 cm³/mol. The van der Waals surface area contributed by atoms with Gasteiger partial charge < -0.3 is 9.47 Å². The lowest BCUT2D eigenvalue weighted by molar-refractivity contribution is -0.125. The monoisotopic (exact) mass is 371 g/mol. The van der Waals surface area contributed by atoms with Gasteiger partial charge >= 0.3 is 0 Å². The Balaban J connectivity index is 1.62. The molecule has 2 aromatic carbocycles. The van der Waals surface area contributed by atoms with E-state index in [9.17, 15) is 4.79 Å². The number of benzene rings is 2. The molecule has 0 aliphatic carbocycles. The topological polar surface area (TPSA) is 48.4 Å². The number of hydrogen-bond donors (Lipinski definition) is 0. The van der Waals surface area contributed by atoms with E-state index in [1.165, 1.54) is 0 Å². The van der Waals surface area contributed by atoms with E-state index in [4.69, 9.17) is 9.47 Å². The van der Waals surface area contributed by atoms with E-state index in [1.807, 2.05) is 66.7 Å². The van der Waals surface area contributed by atoms with E-state index >= 15 is 0 Å². The van der Waals surface area contributed by atoms with Gasteiger partial charge in [-0.15, -0.1) is 0 Å². The van der Waals surface area contributed by atoms with Gasteiger partial charge in [0.15, 0.2) is 5.60 Å². The van der Waals surface area contributed by atoms with E-state index in [2.05, 4.69) is 4.98 Å². The van der Waals surface area contributed by atoms with Crippen molar-refractivity contribution in [2.75, 3.05) is 0 Å². The van der Waals surface area contributed by atoms with Gasteiger partial charge in [0.05, 0.1) is 5.57 Å². The number of ketones is 1. The quantitative estimate of drug-likeness (QED) is 0.640. The minimum absolute atomic E-state index is 0.0303. The molecule has 0 radical (unpaired) electrons. The normalized spacial score (nSPS) is 15.4. The maximum absolute atomic E-state index is 13.0. The predicted octanol–water partition coefficient (Wildman–Crippen LogP) is 4.91. The maximum atomic E-state index is 13.0. The van der Waals surface area contributed by atoms with Gasteiger partial charge in [0.25, 0.3) is 0 Å². The highest BCUT2D eigenvalue weighted by Gasteiger charge is 2.42. The molecule has 0 unspecified atom stereocenters. The molecule has 0 bridgehead atoms. The molecule has 4 rings (SSSR count). The van der Waals surface area contributed by atoms with Crippen molar-refractivity contribution in [1.82, 2.24) is 4.98 Å². The number of nitrogens with zero attached hydrogens (tertiary/aromatic N) is 1. The molecule has 4 nitrogen and oxygen atoms in total. The van der Waals surface area contributed by atoms with Gasteiger partial charge in [-0.1, -0.05) is 42.5 Å². The van der Waals surface area contributed by atoms with Crippen molar-refractivity contribution in [3.05, 3.63) is 95.8 Å². The van der Waals surface area contributed by atoms with Crippen molar-refractivity contribution >= 4 is 17.1 Å². The highest BCUT2D eigenvalue weighted by Crippen LogP contribution is 2.41. The van der Waals surface area contributed by atoms with E-state index in [0.29, 0.717) is 17.9 Å². The van der Waals surface area contributed by atoms with Crippen LogP contribution in [0.3, 0.4) is 0 Å².